The Hall–Kier alpha value is -0.670. The van der Waals surface area contributed by atoms with Crippen molar-refractivity contribution < 1.29 is 0 Å². The first-order chi connectivity index (χ1) is 8.86. The van der Waals surface area contributed by atoms with E-state index < -0.39 is 0 Å². The quantitative estimate of drug-likeness (QED) is 0.767. The molecule has 0 aromatic heterocycles. The van der Waals surface area contributed by atoms with Gasteiger partial charge in [0.05, 0.1) is 0 Å². The summed E-state index contributed by atoms with van der Waals surface area (Å²) in [6.07, 6.45) is 5.91. The van der Waals surface area contributed by atoms with Gasteiger partial charge in [0.2, 0.25) is 0 Å². The van der Waals surface area contributed by atoms with Crippen LogP contribution in [0.4, 0.5) is 5.69 Å². The Labute approximate surface area is 115 Å². The molecular weight excluding hydrogens is 240 g/mol. The summed E-state index contributed by atoms with van der Waals surface area (Å²) in [5.41, 5.74) is 8.68. The van der Waals surface area contributed by atoms with E-state index in [0.29, 0.717) is 5.92 Å². The normalized spacial score (nSPS) is 18.1. The van der Waals surface area contributed by atoms with Gasteiger partial charge in [-0.05, 0) is 49.4 Å². The first-order valence-electron chi connectivity index (χ1n) is 6.89. The number of nitrogens with zero attached hydrogens (tertiary/aromatic N) is 1. The van der Waals surface area contributed by atoms with Gasteiger partial charge in [-0.15, -0.1) is 0 Å². The van der Waals surface area contributed by atoms with Crippen molar-refractivity contribution in [3.63, 3.8) is 0 Å². The maximum absolute atomic E-state index is 5.73. The Morgan fingerprint density at radius 2 is 2.17 bits per heavy atom. The van der Waals surface area contributed by atoms with Crippen LogP contribution in [0.2, 0.25) is 0 Å². The van der Waals surface area contributed by atoms with Crippen LogP contribution in [0.3, 0.4) is 0 Å². The van der Waals surface area contributed by atoms with Gasteiger partial charge in [-0.25, -0.2) is 0 Å². The minimum atomic E-state index is 0.645. The van der Waals surface area contributed by atoms with E-state index in [9.17, 15) is 0 Å². The van der Waals surface area contributed by atoms with Crippen LogP contribution in [0.1, 0.15) is 30.7 Å². The number of para-hydroxylation sites is 1. The molecule has 0 amide bonds. The molecule has 1 heterocycles. The van der Waals surface area contributed by atoms with Gasteiger partial charge in [-0.2, -0.15) is 11.8 Å². The molecule has 0 saturated heterocycles. The lowest BCUT2D eigenvalue weighted by Gasteiger charge is -2.19. The van der Waals surface area contributed by atoms with Crippen LogP contribution in [0, 0.1) is 0 Å². The average molecular weight is 264 g/mol. The molecular formula is C15H24N2S. The van der Waals surface area contributed by atoms with Crippen molar-refractivity contribution in [2.45, 2.75) is 25.2 Å². The fourth-order valence-electron chi connectivity index (χ4n) is 2.79. The van der Waals surface area contributed by atoms with Crippen molar-refractivity contribution in [1.82, 2.24) is 0 Å². The van der Waals surface area contributed by atoms with Crippen molar-refractivity contribution in [3.8, 4) is 0 Å². The molecule has 0 bridgehead atoms. The molecule has 18 heavy (non-hydrogen) atoms. The molecule has 0 aliphatic carbocycles. The van der Waals surface area contributed by atoms with E-state index in [1.807, 2.05) is 11.8 Å². The summed E-state index contributed by atoms with van der Waals surface area (Å²) < 4.78 is 0. The van der Waals surface area contributed by atoms with E-state index >= 15 is 0 Å². The molecule has 100 valence electrons. The third-order valence-corrected chi connectivity index (χ3v) is 4.40. The van der Waals surface area contributed by atoms with Gasteiger partial charge in [0.15, 0.2) is 0 Å². The maximum atomic E-state index is 5.73. The van der Waals surface area contributed by atoms with E-state index in [1.54, 1.807) is 0 Å². The molecule has 0 spiro atoms. The standard InChI is InChI=1S/C15H24N2S/c1-18-11-5-4-10-17-12-13(8-9-16)14-6-2-3-7-15(14)17/h2-3,6-7,13H,4-5,8-12,16H2,1H3. The SMILES string of the molecule is CSCCCCN1CC(CCN)c2ccccc21. The van der Waals surface area contributed by atoms with Crippen LogP contribution in [0.5, 0.6) is 0 Å². The second-order valence-corrected chi connectivity index (χ2v) is 5.96. The topological polar surface area (TPSA) is 29.3 Å². The van der Waals surface area contributed by atoms with Crippen LogP contribution >= 0.6 is 11.8 Å². The van der Waals surface area contributed by atoms with Crippen molar-refractivity contribution in [2.24, 2.45) is 5.73 Å². The highest BCUT2D eigenvalue weighted by molar-refractivity contribution is 7.98. The number of unbranched alkanes of at least 4 members (excludes halogenated alkanes) is 1. The summed E-state index contributed by atoms with van der Waals surface area (Å²) in [7, 11) is 0. The maximum Gasteiger partial charge on any atom is 0.0402 e. The Kier molecular flexibility index (Phi) is 5.39. The number of rotatable bonds is 7. The summed E-state index contributed by atoms with van der Waals surface area (Å²) >= 11 is 1.94. The number of hydrogen-bond donors (Lipinski definition) is 1. The minimum absolute atomic E-state index is 0.645. The Morgan fingerprint density at radius 3 is 2.94 bits per heavy atom. The summed E-state index contributed by atoms with van der Waals surface area (Å²) in [4.78, 5) is 2.55. The number of fused-ring (bicyclic) bond motifs is 1. The highest BCUT2D eigenvalue weighted by Crippen LogP contribution is 2.37. The fourth-order valence-corrected chi connectivity index (χ4v) is 3.29. The molecule has 0 fully saturated rings. The van der Waals surface area contributed by atoms with Crippen LogP contribution < -0.4 is 10.6 Å². The van der Waals surface area contributed by atoms with Gasteiger partial charge in [0.1, 0.15) is 0 Å². The first kappa shape index (κ1) is 13.8. The van der Waals surface area contributed by atoms with Crippen LogP contribution in [0.25, 0.3) is 0 Å². The Balaban J connectivity index is 1.97. The minimum Gasteiger partial charge on any atom is -0.371 e. The molecule has 1 aromatic carbocycles. The summed E-state index contributed by atoms with van der Waals surface area (Å²) in [5.74, 6) is 1.92. The number of benzene rings is 1. The zero-order valence-electron chi connectivity index (χ0n) is 11.3. The molecule has 2 rings (SSSR count). The molecule has 1 unspecified atom stereocenters. The fraction of sp³-hybridized carbons (Fsp3) is 0.600. The van der Waals surface area contributed by atoms with Gasteiger partial charge in [0.25, 0.3) is 0 Å². The van der Waals surface area contributed by atoms with E-state index in [2.05, 4.69) is 35.4 Å². The third kappa shape index (κ3) is 3.21. The van der Waals surface area contributed by atoms with E-state index in [1.165, 1.54) is 36.4 Å². The average Bonchev–Trinajstić information content (AvgIpc) is 2.74. The monoisotopic (exact) mass is 264 g/mol. The highest BCUT2D eigenvalue weighted by Gasteiger charge is 2.26. The molecule has 3 heteroatoms. The van der Waals surface area contributed by atoms with Crippen molar-refractivity contribution in [1.29, 1.82) is 0 Å². The van der Waals surface area contributed by atoms with Crippen molar-refractivity contribution in [2.75, 3.05) is 36.5 Å². The predicted octanol–water partition coefficient (Wildman–Crippen LogP) is 3.08. The zero-order chi connectivity index (χ0) is 12.8. The number of anilines is 1. The van der Waals surface area contributed by atoms with Gasteiger partial charge in [0, 0.05) is 24.7 Å². The van der Waals surface area contributed by atoms with Crippen molar-refractivity contribution >= 4 is 17.4 Å². The lowest BCUT2D eigenvalue weighted by molar-refractivity contribution is 0.633. The van der Waals surface area contributed by atoms with Gasteiger partial charge in [-0.3, -0.25) is 0 Å². The molecule has 1 aliphatic rings. The molecule has 1 aliphatic heterocycles. The van der Waals surface area contributed by atoms with E-state index in [4.69, 9.17) is 5.73 Å². The largest absolute Gasteiger partial charge is 0.371 e. The smallest absolute Gasteiger partial charge is 0.0402 e. The summed E-state index contributed by atoms with van der Waals surface area (Å²) in [6, 6.07) is 8.84. The van der Waals surface area contributed by atoms with E-state index in [-0.39, 0.29) is 0 Å². The Morgan fingerprint density at radius 1 is 1.33 bits per heavy atom. The molecule has 1 atom stereocenters. The molecule has 2 nitrogen and oxygen atoms in total. The van der Waals surface area contributed by atoms with E-state index in [0.717, 1.165) is 19.5 Å². The lowest BCUT2D eigenvalue weighted by Crippen LogP contribution is -2.23. The van der Waals surface area contributed by atoms with Crippen LogP contribution in [0.15, 0.2) is 24.3 Å². The second-order valence-electron chi connectivity index (χ2n) is 4.98. The predicted molar refractivity (Wildman–Crippen MR) is 82.7 cm³/mol. The van der Waals surface area contributed by atoms with Gasteiger partial charge < -0.3 is 10.6 Å². The zero-order valence-corrected chi connectivity index (χ0v) is 12.1. The lowest BCUT2D eigenvalue weighted by atomic mass is 9.98. The molecule has 1 aromatic rings. The Bertz CT molecular complexity index is 367. The van der Waals surface area contributed by atoms with Gasteiger partial charge in [-0.1, -0.05) is 18.2 Å². The van der Waals surface area contributed by atoms with Crippen LogP contribution in [-0.4, -0.2) is 31.6 Å². The molecule has 0 radical (unpaired) electrons. The highest BCUT2D eigenvalue weighted by atomic mass is 32.2. The van der Waals surface area contributed by atoms with Crippen LogP contribution in [-0.2, 0) is 0 Å². The molecule has 0 saturated carbocycles. The summed E-state index contributed by atoms with van der Waals surface area (Å²) in [6.45, 7) is 3.15. The van der Waals surface area contributed by atoms with Gasteiger partial charge >= 0.3 is 0 Å². The number of hydrogen-bond acceptors (Lipinski definition) is 3. The molecule has 2 N–H and O–H groups in total. The summed E-state index contributed by atoms with van der Waals surface area (Å²) in [5, 5.41) is 0. The second kappa shape index (κ2) is 7.05. The number of nitrogens with two attached hydrogens (primary N) is 1. The number of thioether (sulfide) groups is 1. The van der Waals surface area contributed by atoms with Crippen molar-refractivity contribution in [3.05, 3.63) is 29.8 Å². The third-order valence-electron chi connectivity index (χ3n) is 3.70. The first-order valence-corrected chi connectivity index (χ1v) is 8.29.